The summed E-state index contributed by atoms with van der Waals surface area (Å²) in [7, 11) is 0. The maximum atomic E-state index is 12.0. The first-order valence-electron chi connectivity index (χ1n) is 6.69. The van der Waals surface area contributed by atoms with Gasteiger partial charge in [-0.15, -0.1) is 0 Å². The normalized spacial score (nSPS) is 23.7. The molecule has 0 aliphatic heterocycles. The molecule has 0 radical (unpaired) electrons. The highest BCUT2D eigenvalue weighted by atomic mass is 16.5. The predicted molar refractivity (Wildman–Crippen MR) is 71.2 cm³/mol. The Morgan fingerprint density at radius 2 is 2.28 bits per heavy atom. The molecule has 0 bridgehead atoms. The quantitative estimate of drug-likeness (QED) is 0.836. The molecule has 0 heterocycles. The Hall–Kier alpha value is -1.35. The van der Waals surface area contributed by atoms with Crippen LogP contribution in [0.2, 0.25) is 0 Å². The minimum atomic E-state index is -0.218. The maximum absolute atomic E-state index is 12.0. The summed E-state index contributed by atoms with van der Waals surface area (Å²) in [6, 6.07) is 7.37. The number of benzene rings is 1. The van der Waals surface area contributed by atoms with Crippen LogP contribution in [0.15, 0.2) is 24.3 Å². The SMILES string of the molecule is CC1CCCC(OC(=O)c2cccc(CN)c2)C1. The molecular weight excluding hydrogens is 226 g/mol. The average Bonchev–Trinajstić information content (AvgIpc) is 2.39. The Morgan fingerprint density at radius 3 is 3.00 bits per heavy atom. The molecule has 1 aromatic rings. The number of carbonyl (C=O) groups excluding carboxylic acids is 1. The van der Waals surface area contributed by atoms with Gasteiger partial charge in [-0.2, -0.15) is 0 Å². The highest BCUT2D eigenvalue weighted by molar-refractivity contribution is 5.89. The molecule has 2 N–H and O–H groups in total. The molecule has 1 aromatic carbocycles. The summed E-state index contributed by atoms with van der Waals surface area (Å²) in [6.07, 6.45) is 4.47. The van der Waals surface area contributed by atoms with Crippen LogP contribution < -0.4 is 5.73 Å². The monoisotopic (exact) mass is 247 g/mol. The molecule has 1 aliphatic rings. The first-order valence-corrected chi connectivity index (χ1v) is 6.69. The van der Waals surface area contributed by atoms with Gasteiger partial charge in [0.2, 0.25) is 0 Å². The number of hydrogen-bond donors (Lipinski definition) is 1. The molecular formula is C15H21NO2. The molecule has 18 heavy (non-hydrogen) atoms. The Bertz CT molecular complexity index is 417. The fourth-order valence-corrected chi connectivity index (χ4v) is 2.53. The topological polar surface area (TPSA) is 52.3 Å². The number of nitrogens with two attached hydrogens (primary N) is 1. The molecule has 3 heteroatoms. The van der Waals surface area contributed by atoms with Crippen LogP contribution in [0.4, 0.5) is 0 Å². The molecule has 2 atom stereocenters. The highest BCUT2D eigenvalue weighted by Crippen LogP contribution is 2.26. The molecule has 2 unspecified atom stereocenters. The Morgan fingerprint density at radius 1 is 1.44 bits per heavy atom. The van der Waals surface area contributed by atoms with E-state index in [1.807, 2.05) is 18.2 Å². The second-order valence-electron chi connectivity index (χ2n) is 5.20. The van der Waals surface area contributed by atoms with Gasteiger partial charge in [-0.1, -0.05) is 25.5 Å². The summed E-state index contributed by atoms with van der Waals surface area (Å²) in [6.45, 7) is 2.66. The van der Waals surface area contributed by atoms with Gasteiger partial charge in [-0.3, -0.25) is 0 Å². The van der Waals surface area contributed by atoms with Crippen molar-refractivity contribution in [2.24, 2.45) is 11.7 Å². The molecule has 1 saturated carbocycles. The zero-order chi connectivity index (χ0) is 13.0. The van der Waals surface area contributed by atoms with Crippen LogP contribution in [-0.4, -0.2) is 12.1 Å². The average molecular weight is 247 g/mol. The summed E-state index contributed by atoms with van der Waals surface area (Å²) in [5.41, 5.74) is 7.14. The Labute approximate surface area is 108 Å². The number of carbonyl (C=O) groups is 1. The third-order valence-electron chi connectivity index (χ3n) is 3.56. The van der Waals surface area contributed by atoms with Gasteiger partial charge in [-0.05, 0) is 42.9 Å². The molecule has 1 aliphatic carbocycles. The number of esters is 1. The number of rotatable bonds is 3. The molecule has 0 spiro atoms. The van der Waals surface area contributed by atoms with Crippen molar-refractivity contribution in [1.29, 1.82) is 0 Å². The third kappa shape index (κ3) is 3.33. The molecule has 2 rings (SSSR count). The largest absolute Gasteiger partial charge is 0.459 e. The van der Waals surface area contributed by atoms with Crippen molar-refractivity contribution in [3.8, 4) is 0 Å². The molecule has 1 fully saturated rings. The smallest absolute Gasteiger partial charge is 0.338 e. The second kappa shape index (κ2) is 6.01. The van der Waals surface area contributed by atoms with E-state index in [1.54, 1.807) is 6.07 Å². The van der Waals surface area contributed by atoms with E-state index < -0.39 is 0 Å². The lowest BCUT2D eigenvalue weighted by atomic mass is 9.89. The van der Waals surface area contributed by atoms with Gasteiger partial charge in [0.15, 0.2) is 0 Å². The number of ether oxygens (including phenoxy) is 1. The van der Waals surface area contributed by atoms with Crippen molar-refractivity contribution in [1.82, 2.24) is 0 Å². The van der Waals surface area contributed by atoms with Crippen LogP contribution in [0.25, 0.3) is 0 Å². The summed E-state index contributed by atoms with van der Waals surface area (Å²) >= 11 is 0. The van der Waals surface area contributed by atoms with E-state index in [0.717, 1.165) is 24.8 Å². The molecule has 98 valence electrons. The van der Waals surface area contributed by atoms with Crippen molar-refractivity contribution < 1.29 is 9.53 Å². The van der Waals surface area contributed by atoms with E-state index in [2.05, 4.69) is 6.92 Å². The van der Waals surface area contributed by atoms with Crippen LogP contribution in [0.5, 0.6) is 0 Å². The van der Waals surface area contributed by atoms with Crippen molar-refractivity contribution in [3.05, 3.63) is 35.4 Å². The first-order chi connectivity index (χ1) is 8.69. The minimum Gasteiger partial charge on any atom is -0.459 e. The zero-order valence-electron chi connectivity index (χ0n) is 10.9. The van der Waals surface area contributed by atoms with E-state index >= 15 is 0 Å². The summed E-state index contributed by atoms with van der Waals surface area (Å²) in [5.74, 6) is 0.441. The van der Waals surface area contributed by atoms with Crippen LogP contribution in [0.1, 0.15) is 48.5 Å². The zero-order valence-corrected chi connectivity index (χ0v) is 10.9. The fourth-order valence-electron chi connectivity index (χ4n) is 2.53. The Kier molecular flexibility index (Phi) is 4.37. The van der Waals surface area contributed by atoms with E-state index in [9.17, 15) is 4.79 Å². The van der Waals surface area contributed by atoms with Gasteiger partial charge >= 0.3 is 5.97 Å². The number of hydrogen-bond acceptors (Lipinski definition) is 3. The summed E-state index contributed by atoms with van der Waals surface area (Å²) in [4.78, 5) is 12.0. The van der Waals surface area contributed by atoms with Gasteiger partial charge in [0.05, 0.1) is 5.56 Å². The van der Waals surface area contributed by atoms with Gasteiger partial charge < -0.3 is 10.5 Å². The summed E-state index contributed by atoms with van der Waals surface area (Å²) in [5, 5.41) is 0. The van der Waals surface area contributed by atoms with Crippen LogP contribution in [-0.2, 0) is 11.3 Å². The molecule has 0 saturated heterocycles. The van der Waals surface area contributed by atoms with E-state index in [0.29, 0.717) is 18.0 Å². The lowest BCUT2D eigenvalue weighted by molar-refractivity contribution is 0.0155. The van der Waals surface area contributed by atoms with E-state index in [4.69, 9.17) is 10.5 Å². The van der Waals surface area contributed by atoms with Crippen LogP contribution in [0, 0.1) is 5.92 Å². The van der Waals surface area contributed by atoms with Crippen LogP contribution >= 0.6 is 0 Å². The van der Waals surface area contributed by atoms with Gasteiger partial charge in [0.25, 0.3) is 0 Å². The predicted octanol–water partition coefficient (Wildman–Crippen LogP) is 2.88. The second-order valence-corrected chi connectivity index (χ2v) is 5.20. The van der Waals surface area contributed by atoms with E-state index in [1.165, 1.54) is 6.42 Å². The molecule has 3 nitrogen and oxygen atoms in total. The van der Waals surface area contributed by atoms with Crippen molar-refractivity contribution in [2.45, 2.75) is 45.3 Å². The van der Waals surface area contributed by atoms with Gasteiger partial charge in [-0.25, -0.2) is 4.79 Å². The van der Waals surface area contributed by atoms with Crippen LogP contribution in [0.3, 0.4) is 0 Å². The van der Waals surface area contributed by atoms with Gasteiger partial charge in [0, 0.05) is 6.54 Å². The van der Waals surface area contributed by atoms with Crippen molar-refractivity contribution >= 4 is 5.97 Å². The third-order valence-corrected chi connectivity index (χ3v) is 3.56. The standard InChI is InChI=1S/C15H21NO2/c1-11-4-2-7-14(8-11)18-15(17)13-6-3-5-12(9-13)10-16/h3,5-6,9,11,14H,2,4,7-8,10,16H2,1H3. The summed E-state index contributed by atoms with van der Waals surface area (Å²) < 4.78 is 5.57. The minimum absolute atomic E-state index is 0.0859. The fraction of sp³-hybridized carbons (Fsp3) is 0.533. The van der Waals surface area contributed by atoms with Crippen molar-refractivity contribution in [2.75, 3.05) is 0 Å². The molecule has 0 amide bonds. The Balaban J connectivity index is 1.98. The highest BCUT2D eigenvalue weighted by Gasteiger charge is 2.22. The molecule has 0 aromatic heterocycles. The van der Waals surface area contributed by atoms with Crippen molar-refractivity contribution in [3.63, 3.8) is 0 Å². The maximum Gasteiger partial charge on any atom is 0.338 e. The van der Waals surface area contributed by atoms with Gasteiger partial charge in [0.1, 0.15) is 6.10 Å². The lowest BCUT2D eigenvalue weighted by Crippen LogP contribution is -2.24. The van der Waals surface area contributed by atoms with E-state index in [-0.39, 0.29) is 12.1 Å². The first kappa shape index (κ1) is 13.1. The lowest BCUT2D eigenvalue weighted by Gasteiger charge is -2.26.